The minimum Gasteiger partial charge on any atom is -0.457 e. The van der Waals surface area contributed by atoms with Crippen LogP contribution in [0.25, 0.3) is 17.4 Å². The highest BCUT2D eigenvalue weighted by Crippen LogP contribution is 2.34. The average molecular weight is 451 g/mol. The Morgan fingerprint density at radius 3 is 2.34 bits per heavy atom. The van der Waals surface area contributed by atoms with Gasteiger partial charge in [-0.05, 0) is 29.5 Å². The van der Waals surface area contributed by atoms with Gasteiger partial charge in [0.1, 0.15) is 11.5 Å². The third-order valence-corrected chi connectivity index (χ3v) is 5.51. The zero-order valence-corrected chi connectivity index (χ0v) is 17.0. The number of furan rings is 1. The van der Waals surface area contributed by atoms with Crippen LogP contribution in [0.1, 0.15) is 11.3 Å². The van der Waals surface area contributed by atoms with Crippen LogP contribution in [0.4, 0.5) is 16.2 Å². The molecule has 2 aromatic carbocycles. The predicted molar refractivity (Wildman–Crippen MR) is 115 cm³/mol. The highest BCUT2D eigenvalue weighted by Gasteiger charge is 2.35. The summed E-state index contributed by atoms with van der Waals surface area (Å²) in [6.07, 6.45) is 1.43. The van der Waals surface area contributed by atoms with E-state index in [1.54, 1.807) is 24.3 Å². The van der Waals surface area contributed by atoms with Crippen molar-refractivity contribution in [3.8, 4) is 11.3 Å². The van der Waals surface area contributed by atoms with Gasteiger partial charge >= 0.3 is 0 Å². The monoisotopic (exact) mass is 451 g/mol. The Morgan fingerprint density at radius 2 is 1.66 bits per heavy atom. The Hall–Kier alpha value is -4.25. The van der Waals surface area contributed by atoms with E-state index in [-0.39, 0.29) is 22.8 Å². The summed E-state index contributed by atoms with van der Waals surface area (Å²) in [6, 6.07) is 14.8. The number of non-ortho nitro benzene ring substituents is 2. The molecule has 4 rings (SSSR count). The molecule has 0 saturated carbocycles. The lowest BCUT2D eigenvalue weighted by Gasteiger charge is -2.12. The van der Waals surface area contributed by atoms with E-state index in [9.17, 15) is 29.8 Å². The summed E-state index contributed by atoms with van der Waals surface area (Å²) in [5.74, 6) is 0.184. The molecule has 0 radical (unpaired) electrons. The molecule has 32 heavy (non-hydrogen) atoms. The summed E-state index contributed by atoms with van der Waals surface area (Å²) in [4.78, 5) is 46.9. The van der Waals surface area contributed by atoms with Crippen molar-refractivity contribution in [2.75, 3.05) is 0 Å². The van der Waals surface area contributed by atoms with Crippen LogP contribution in [-0.2, 0) is 11.3 Å². The van der Waals surface area contributed by atoms with Crippen LogP contribution in [0.15, 0.2) is 70.0 Å². The van der Waals surface area contributed by atoms with E-state index in [2.05, 4.69) is 0 Å². The zero-order chi connectivity index (χ0) is 22.8. The van der Waals surface area contributed by atoms with Crippen LogP contribution < -0.4 is 0 Å². The maximum absolute atomic E-state index is 12.7. The second kappa shape index (κ2) is 8.47. The number of hydrogen-bond donors (Lipinski definition) is 0. The minimum absolute atomic E-state index is 0.0168. The largest absolute Gasteiger partial charge is 0.457 e. The highest BCUT2D eigenvalue weighted by molar-refractivity contribution is 8.18. The topological polar surface area (TPSA) is 137 Å². The van der Waals surface area contributed by atoms with Gasteiger partial charge in [-0.2, -0.15) is 0 Å². The third kappa shape index (κ3) is 4.27. The number of thioether (sulfide) groups is 1. The molecular formula is C21H13N3O7S. The summed E-state index contributed by atoms with van der Waals surface area (Å²) in [5.41, 5.74) is 0.920. The van der Waals surface area contributed by atoms with Crippen molar-refractivity contribution in [2.45, 2.75) is 6.54 Å². The fourth-order valence-electron chi connectivity index (χ4n) is 3.03. The van der Waals surface area contributed by atoms with Gasteiger partial charge in [0.2, 0.25) is 0 Å². The Labute approximate surface area is 184 Å². The van der Waals surface area contributed by atoms with Gasteiger partial charge in [-0.1, -0.05) is 24.3 Å². The van der Waals surface area contributed by atoms with Crippen LogP contribution in [0.2, 0.25) is 0 Å². The van der Waals surface area contributed by atoms with Crippen LogP contribution in [0.5, 0.6) is 0 Å². The Bertz CT molecular complexity index is 1280. The number of rotatable bonds is 6. The SMILES string of the molecule is O=C1S/C(=C\c2ccc(-c3cccc([N+](=O)[O-])c3)o2)C(=O)N1Cc1ccc([N+](=O)[O-])cc1. The van der Waals surface area contributed by atoms with Gasteiger partial charge in [0.15, 0.2) is 0 Å². The number of carbonyl (C=O) groups excluding carboxylic acids is 2. The first-order valence-corrected chi connectivity index (χ1v) is 9.97. The van der Waals surface area contributed by atoms with E-state index in [4.69, 9.17) is 4.42 Å². The molecule has 160 valence electrons. The summed E-state index contributed by atoms with van der Waals surface area (Å²) >= 11 is 0.756. The molecular weight excluding hydrogens is 438 g/mol. The molecule has 0 atom stereocenters. The second-order valence-electron chi connectivity index (χ2n) is 6.70. The maximum atomic E-state index is 12.7. The zero-order valence-electron chi connectivity index (χ0n) is 16.2. The van der Waals surface area contributed by atoms with Gasteiger partial charge < -0.3 is 4.42 Å². The Morgan fingerprint density at radius 1 is 0.938 bits per heavy atom. The maximum Gasteiger partial charge on any atom is 0.293 e. The third-order valence-electron chi connectivity index (χ3n) is 4.60. The molecule has 1 fully saturated rings. The van der Waals surface area contributed by atoms with Crippen molar-refractivity contribution in [1.82, 2.24) is 4.90 Å². The molecule has 2 amide bonds. The summed E-state index contributed by atoms with van der Waals surface area (Å²) < 4.78 is 5.68. The van der Waals surface area contributed by atoms with E-state index in [0.29, 0.717) is 22.6 Å². The van der Waals surface area contributed by atoms with Crippen LogP contribution >= 0.6 is 11.8 Å². The summed E-state index contributed by atoms with van der Waals surface area (Å²) in [7, 11) is 0. The number of hydrogen-bond acceptors (Lipinski definition) is 8. The smallest absolute Gasteiger partial charge is 0.293 e. The molecule has 0 unspecified atom stereocenters. The van der Waals surface area contributed by atoms with Crippen molar-refractivity contribution < 1.29 is 23.9 Å². The molecule has 0 spiro atoms. The summed E-state index contributed by atoms with van der Waals surface area (Å²) in [6.45, 7) is -0.0168. The lowest BCUT2D eigenvalue weighted by atomic mass is 10.1. The van der Waals surface area contributed by atoms with Gasteiger partial charge in [-0.15, -0.1) is 0 Å². The lowest BCUT2D eigenvalue weighted by molar-refractivity contribution is -0.385. The molecule has 1 aromatic heterocycles. The number of benzene rings is 2. The van der Waals surface area contributed by atoms with Gasteiger partial charge in [0, 0.05) is 35.9 Å². The van der Waals surface area contributed by atoms with Gasteiger partial charge in [0.05, 0.1) is 21.3 Å². The molecule has 1 saturated heterocycles. The van der Waals surface area contributed by atoms with Crippen molar-refractivity contribution in [2.24, 2.45) is 0 Å². The minimum atomic E-state index is -0.530. The van der Waals surface area contributed by atoms with E-state index >= 15 is 0 Å². The predicted octanol–water partition coefficient (Wildman–Crippen LogP) is 5.00. The first kappa shape index (κ1) is 21.0. The first-order chi connectivity index (χ1) is 15.3. The lowest BCUT2D eigenvalue weighted by Crippen LogP contribution is -2.27. The Kier molecular flexibility index (Phi) is 5.56. The molecule has 10 nitrogen and oxygen atoms in total. The van der Waals surface area contributed by atoms with Crippen molar-refractivity contribution in [1.29, 1.82) is 0 Å². The fourth-order valence-corrected chi connectivity index (χ4v) is 3.85. The normalized spacial score (nSPS) is 14.9. The number of imide groups is 1. The molecule has 0 bridgehead atoms. The standard InChI is InChI=1S/C21H13N3O7S/c25-20-19(32-21(26)22(20)12-13-4-6-15(7-5-13)23(27)28)11-17-8-9-18(31-17)14-2-1-3-16(10-14)24(29)30/h1-11H,12H2/b19-11-. The molecule has 3 aromatic rings. The van der Waals surface area contributed by atoms with Crippen molar-refractivity contribution in [3.63, 3.8) is 0 Å². The van der Waals surface area contributed by atoms with E-state index in [0.717, 1.165) is 16.7 Å². The fraction of sp³-hybridized carbons (Fsp3) is 0.0476. The Balaban J connectivity index is 1.51. The van der Waals surface area contributed by atoms with E-state index in [1.807, 2.05) is 0 Å². The number of nitrogens with zero attached hydrogens (tertiary/aromatic N) is 3. The van der Waals surface area contributed by atoms with Gasteiger partial charge in [-0.25, -0.2) is 0 Å². The van der Waals surface area contributed by atoms with E-state index in [1.165, 1.54) is 42.5 Å². The van der Waals surface area contributed by atoms with Gasteiger partial charge in [-0.3, -0.25) is 34.7 Å². The van der Waals surface area contributed by atoms with Crippen molar-refractivity contribution in [3.05, 3.63) is 97.1 Å². The molecule has 1 aliphatic heterocycles. The van der Waals surface area contributed by atoms with Crippen LogP contribution in [-0.4, -0.2) is 25.9 Å². The first-order valence-electron chi connectivity index (χ1n) is 9.15. The van der Waals surface area contributed by atoms with Gasteiger partial charge in [0.25, 0.3) is 22.5 Å². The number of amides is 2. The number of nitro benzene ring substituents is 2. The van der Waals surface area contributed by atoms with E-state index < -0.39 is 21.0 Å². The van der Waals surface area contributed by atoms with Crippen LogP contribution in [0.3, 0.4) is 0 Å². The number of nitro groups is 2. The average Bonchev–Trinajstić information content (AvgIpc) is 3.34. The molecule has 0 aliphatic carbocycles. The summed E-state index contributed by atoms with van der Waals surface area (Å²) in [5, 5.41) is 21.2. The molecule has 11 heteroatoms. The quantitative estimate of drug-likeness (QED) is 0.290. The molecule has 2 heterocycles. The van der Waals surface area contributed by atoms with Crippen LogP contribution in [0, 0.1) is 20.2 Å². The number of carbonyl (C=O) groups is 2. The second-order valence-corrected chi connectivity index (χ2v) is 7.69. The molecule has 1 aliphatic rings. The molecule has 0 N–H and O–H groups in total. The van der Waals surface area contributed by atoms with Crippen molar-refractivity contribution >= 4 is 40.4 Å². The highest BCUT2D eigenvalue weighted by atomic mass is 32.2.